The van der Waals surface area contributed by atoms with E-state index in [1.54, 1.807) is 0 Å². The van der Waals surface area contributed by atoms with E-state index < -0.39 is 0 Å². The monoisotopic (exact) mass is 177 g/mol. The summed E-state index contributed by atoms with van der Waals surface area (Å²) in [6.07, 6.45) is 2.87. The maximum Gasteiger partial charge on any atom is 0.0419 e. The van der Waals surface area contributed by atoms with Crippen molar-refractivity contribution in [1.82, 2.24) is 15.6 Å². The van der Waals surface area contributed by atoms with E-state index >= 15 is 0 Å². The van der Waals surface area contributed by atoms with E-state index in [-0.39, 0.29) is 0 Å². The number of aromatic nitrogens is 1. The van der Waals surface area contributed by atoms with Crippen LogP contribution in [0.2, 0.25) is 0 Å². The Morgan fingerprint density at radius 2 is 2.38 bits per heavy atom. The molecule has 0 saturated carbocycles. The van der Waals surface area contributed by atoms with Crippen LogP contribution in [0.5, 0.6) is 0 Å². The van der Waals surface area contributed by atoms with Crippen LogP contribution in [0, 0.1) is 0 Å². The SMILES string of the molecule is c1ccc(CC2CNCCN2)nc1. The van der Waals surface area contributed by atoms with Gasteiger partial charge in [-0.3, -0.25) is 4.98 Å². The maximum atomic E-state index is 4.31. The molecular weight excluding hydrogens is 162 g/mol. The summed E-state index contributed by atoms with van der Waals surface area (Å²) >= 11 is 0. The minimum atomic E-state index is 0.545. The molecule has 2 N–H and O–H groups in total. The molecule has 1 aliphatic heterocycles. The number of pyridine rings is 1. The first-order valence-corrected chi connectivity index (χ1v) is 4.79. The lowest BCUT2D eigenvalue weighted by atomic mass is 10.1. The highest BCUT2D eigenvalue weighted by Crippen LogP contribution is 1.99. The summed E-state index contributed by atoms with van der Waals surface area (Å²) in [5, 5.41) is 6.83. The van der Waals surface area contributed by atoms with Crippen LogP contribution in [0.4, 0.5) is 0 Å². The van der Waals surface area contributed by atoms with Crippen LogP contribution in [-0.2, 0) is 6.42 Å². The zero-order valence-electron chi connectivity index (χ0n) is 7.66. The zero-order chi connectivity index (χ0) is 8.93. The third-order valence-electron chi connectivity index (χ3n) is 2.31. The molecular formula is C10H15N3. The molecule has 1 aromatic heterocycles. The van der Waals surface area contributed by atoms with Crippen molar-refractivity contribution in [3.63, 3.8) is 0 Å². The molecule has 2 heterocycles. The molecule has 70 valence electrons. The Balaban J connectivity index is 1.90. The standard InChI is InChI=1S/C10H15N3/c1-2-4-12-9(3-1)7-10-8-11-5-6-13-10/h1-4,10-11,13H,5-8H2. The van der Waals surface area contributed by atoms with Crippen molar-refractivity contribution in [3.05, 3.63) is 30.1 Å². The number of hydrogen-bond acceptors (Lipinski definition) is 3. The first-order chi connectivity index (χ1) is 6.45. The van der Waals surface area contributed by atoms with E-state index in [2.05, 4.69) is 21.7 Å². The number of rotatable bonds is 2. The summed E-state index contributed by atoms with van der Waals surface area (Å²) in [6.45, 7) is 3.20. The predicted octanol–water partition coefficient (Wildman–Crippen LogP) is 0.185. The van der Waals surface area contributed by atoms with Gasteiger partial charge in [-0.1, -0.05) is 6.07 Å². The minimum Gasteiger partial charge on any atom is -0.314 e. The van der Waals surface area contributed by atoms with Gasteiger partial charge in [0.15, 0.2) is 0 Å². The van der Waals surface area contributed by atoms with E-state index in [0.717, 1.165) is 26.1 Å². The number of nitrogens with zero attached hydrogens (tertiary/aromatic N) is 1. The van der Waals surface area contributed by atoms with Gasteiger partial charge in [0.2, 0.25) is 0 Å². The lowest BCUT2D eigenvalue weighted by Gasteiger charge is -2.24. The van der Waals surface area contributed by atoms with Crippen molar-refractivity contribution in [1.29, 1.82) is 0 Å². The van der Waals surface area contributed by atoms with Gasteiger partial charge >= 0.3 is 0 Å². The van der Waals surface area contributed by atoms with E-state index in [1.807, 2.05) is 18.3 Å². The molecule has 1 unspecified atom stereocenters. The van der Waals surface area contributed by atoms with Crippen LogP contribution < -0.4 is 10.6 Å². The van der Waals surface area contributed by atoms with Crippen LogP contribution in [-0.4, -0.2) is 30.7 Å². The fraction of sp³-hybridized carbons (Fsp3) is 0.500. The van der Waals surface area contributed by atoms with Gasteiger partial charge in [0.25, 0.3) is 0 Å². The molecule has 1 saturated heterocycles. The summed E-state index contributed by atoms with van der Waals surface area (Å²) in [6, 6.07) is 6.62. The van der Waals surface area contributed by atoms with Gasteiger partial charge in [0.05, 0.1) is 0 Å². The third-order valence-corrected chi connectivity index (χ3v) is 2.31. The molecule has 0 bridgehead atoms. The summed E-state index contributed by atoms with van der Waals surface area (Å²) < 4.78 is 0. The second kappa shape index (κ2) is 4.35. The van der Waals surface area contributed by atoms with E-state index in [0.29, 0.717) is 6.04 Å². The fourth-order valence-corrected chi connectivity index (χ4v) is 1.63. The predicted molar refractivity (Wildman–Crippen MR) is 52.6 cm³/mol. The van der Waals surface area contributed by atoms with Gasteiger partial charge in [0, 0.05) is 44.0 Å². The van der Waals surface area contributed by atoms with E-state index in [9.17, 15) is 0 Å². The summed E-state index contributed by atoms with van der Waals surface area (Å²) in [5.41, 5.74) is 1.17. The largest absolute Gasteiger partial charge is 0.314 e. The second-order valence-corrected chi connectivity index (χ2v) is 3.38. The Hall–Kier alpha value is -0.930. The molecule has 0 aromatic carbocycles. The topological polar surface area (TPSA) is 37.0 Å². The molecule has 1 aliphatic rings. The molecule has 0 radical (unpaired) electrons. The van der Waals surface area contributed by atoms with Crippen LogP contribution in [0.25, 0.3) is 0 Å². The maximum absolute atomic E-state index is 4.31. The highest BCUT2D eigenvalue weighted by Gasteiger charge is 2.12. The summed E-state index contributed by atoms with van der Waals surface area (Å²) in [5.74, 6) is 0. The van der Waals surface area contributed by atoms with Gasteiger partial charge in [0.1, 0.15) is 0 Å². The van der Waals surface area contributed by atoms with Crippen molar-refractivity contribution in [2.75, 3.05) is 19.6 Å². The first-order valence-electron chi connectivity index (χ1n) is 4.79. The molecule has 13 heavy (non-hydrogen) atoms. The molecule has 0 spiro atoms. The van der Waals surface area contributed by atoms with Crippen molar-refractivity contribution in [2.45, 2.75) is 12.5 Å². The van der Waals surface area contributed by atoms with Gasteiger partial charge < -0.3 is 10.6 Å². The molecule has 1 fully saturated rings. The normalized spacial score (nSPS) is 22.9. The molecule has 0 amide bonds. The quantitative estimate of drug-likeness (QED) is 0.677. The molecule has 2 rings (SSSR count). The van der Waals surface area contributed by atoms with Gasteiger partial charge in [-0.25, -0.2) is 0 Å². The van der Waals surface area contributed by atoms with Gasteiger partial charge in [-0.15, -0.1) is 0 Å². The van der Waals surface area contributed by atoms with Gasteiger partial charge in [-0.05, 0) is 12.1 Å². The second-order valence-electron chi connectivity index (χ2n) is 3.38. The van der Waals surface area contributed by atoms with Crippen LogP contribution in [0.3, 0.4) is 0 Å². The van der Waals surface area contributed by atoms with Gasteiger partial charge in [-0.2, -0.15) is 0 Å². The summed E-state index contributed by atoms with van der Waals surface area (Å²) in [7, 11) is 0. The Bertz CT molecular complexity index is 242. The highest BCUT2D eigenvalue weighted by atomic mass is 15.1. The highest BCUT2D eigenvalue weighted by molar-refractivity contribution is 5.05. The molecule has 3 heteroatoms. The Labute approximate surface area is 78.6 Å². The average molecular weight is 177 g/mol. The van der Waals surface area contributed by atoms with Crippen LogP contribution >= 0.6 is 0 Å². The van der Waals surface area contributed by atoms with Crippen molar-refractivity contribution < 1.29 is 0 Å². The Kier molecular flexibility index (Phi) is 2.90. The minimum absolute atomic E-state index is 0.545. The number of hydrogen-bond donors (Lipinski definition) is 2. The Morgan fingerprint density at radius 3 is 3.08 bits per heavy atom. The van der Waals surface area contributed by atoms with Crippen LogP contribution in [0.1, 0.15) is 5.69 Å². The first kappa shape index (κ1) is 8.66. The van der Waals surface area contributed by atoms with Crippen molar-refractivity contribution in [2.24, 2.45) is 0 Å². The lowest BCUT2D eigenvalue weighted by Crippen LogP contribution is -2.49. The molecule has 1 aromatic rings. The fourth-order valence-electron chi connectivity index (χ4n) is 1.63. The number of piperazine rings is 1. The molecule has 1 atom stereocenters. The van der Waals surface area contributed by atoms with Crippen molar-refractivity contribution >= 4 is 0 Å². The van der Waals surface area contributed by atoms with E-state index in [4.69, 9.17) is 0 Å². The molecule has 0 aliphatic carbocycles. The lowest BCUT2D eigenvalue weighted by molar-refractivity contribution is 0.414. The zero-order valence-corrected chi connectivity index (χ0v) is 7.66. The third kappa shape index (κ3) is 2.50. The molecule has 3 nitrogen and oxygen atoms in total. The van der Waals surface area contributed by atoms with Crippen molar-refractivity contribution in [3.8, 4) is 0 Å². The average Bonchev–Trinajstić information content (AvgIpc) is 2.21. The Morgan fingerprint density at radius 1 is 1.38 bits per heavy atom. The summed E-state index contributed by atoms with van der Waals surface area (Å²) in [4.78, 5) is 4.31. The van der Waals surface area contributed by atoms with E-state index in [1.165, 1.54) is 5.69 Å². The smallest absolute Gasteiger partial charge is 0.0419 e. The number of nitrogens with one attached hydrogen (secondary N) is 2. The van der Waals surface area contributed by atoms with Crippen LogP contribution in [0.15, 0.2) is 24.4 Å².